The number of nitrogens with one attached hydrogen (secondary N) is 1. The summed E-state index contributed by atoms with van der Waals surface area (Å²) in [4.78, 5) is 0. The van der Waals surface area contributed by atoms with Gasteiger partial charge in [0.15, 0.2) is 0 Å². The predicted octanol–water partition coefficient (Wildman–Crippen LogP) is 5.01. The van der Waals surface area contributed by atoms with Gasteiger partial charge in [0.05, 0.1) is 17.5 Å². The average Bonchev–Trinajstić information content (AvgIpc) is 2.56. The van der Waals surface area contributed by atoms with E-state index in [2.05, 4.69) is 10.5 Å². The van der Waals surface area contributed by atoms with E-state index in [1.807, 2.05) is 24.3 Å². The summed E-state index contributed by atoms with van der Waals surface area (Å²) in [5, 5.41) is 15.8. The number of hydrogen-bond acceptors (Lipinski definition) is 3. The van der Waals surface area contributed by atoms with Crippen LogP contribution >= 0.6 is 0 Å². The third kappa shape index (κ3) is 3.32. The second-order valence-corrected chi connectivity index (χ2v) is 5.16. The van der Waals surface area contributed by atoms with Crippen molar-refractivity contribution in [3.8, 4) is 5.75 Å². The number of rotatable bonds is 3. The summed E-state index contributed by atoms with van der Waals surface area (Å²) in [5.74, 6) is 0.0756. The van der Waals surface area contributed by atoms with Crippen LogP contribution < -0.4 is 5.43 Å². The molecule has 122 valence electrons. The number of aromatic hydroxyl groups is 1. The van der Waals surface area contributed by atoms with Gasteiger partial charge < -0.3 is 5.11 Å². The molecule has 0 saturated carbocycles. The van der Waals surface area contributed by atoms with Gasteiger partial charge in [-0.05, 0) is 41.1 Å². The summed E-state index contributed by atoms with van der Waals surface area (Å²) in [7, 11) is 0. The maximum Gasteiger partial charge on any atom is 0.416 e. The number of phenolic OH excluding ortho intramolecular Hbond substituents is 1. The van der Waals surface area contributed by atoms with E-state index in [9.17, 15) is 18.3 Å². The summed E-state index contributed by atoms with van der Waals surface area (Å²) < 4.78 is 37.5. The molecule has 24 heavy (non-hydrogen) atoms. The number of alkyl halides is 3. The van der Waals surface area contributed by atoms with Crippen LogP contribution in [0.3, 0.4) is 0 Å². The Morgan fingerprint density at radius 2 is 1.62 bits per heavy atom. The van der Waals surface area contributed by atoms with Crippen molar-refractivity contribution in [2.75, 3.05) is 5.43 Å². The van der Waals surface area contributed by atoms with Crippen LogP contribution in [0.2, 0.25) is 0 Å². The molecule has 0 aliphatic heterocycles. The molecule has 2 N–H and O–H groups in total. The van der Waals surface area contributed by atoms with Crippen LogP contribution in [0, 0.1) is 0 Å². The highest BCUT2D eigenvalue weighted by molar-refractivity contribution is 6.02. The molecule has 0 radical (unpaired) electrons. The van der Waals surface area contributed by atoms with Crippen LogP contribution in [-0.2, 0) is 6.18 Å². The molecule has 0 heterocycles. The molecule has 3 aromatic carbocycles. The topological polar surface area (TPSA) is 44.6 Å². The van der Waals surface area contributed by atoms with Crippen molar-refractivity contribution in [2.24, 2.45) is 5.10 Å². The predicted molar refractivity (Wildman–Crippen MR) is 88.3 cm³/mol. The van der Waals surface area contributed by atoms with Gasteiger partial charge in [-0.15, -0.1) is 0 Å². The Hall–Kier alpha value is -3.02. The standard InChI is InChI=1S/C18H13F3N2O/c19-18(20,21)13-6-8-14(9-7-13)23-22-11-16-15-4-2-1-3-12(15)5-10-17(16)24/h1-11,23-24H. The Balaban J connectivity index is 1.81. The molecule has 3 aromatic rings. The first-order valence-electron chi connectivity index (χ1n) is 7.12. The Morgan fingerprint density at radius 1 is 0.917 bits per heavy atom. The zero-order valence-electron chi connectivity index (χ0n) is 12.4. The lowest BCUT2D eigenvalue weighted by Gasteiger charge is -2.07. The average molecular weight is 330 g/mol. The van der Waals surface area contributed by atoms with E-state index in [0.29, 0.717) is 11.3 Å². The van der Waals surface area contributed by atoms with Crippen molar-refractivity contribution in [3.63, 3.8) is 0 Å². The van der Waals surface area contributed by atoms with Crippen molar-refractivity contribution >= 4 is 22.7 Å². The first-order chi connectivity index (χ1) is 11.4. The van der Waals surface area contributed by atoms with Crippen LogP contribution in [0.4, 0.5) is 18.9 Å². The fraction of sp³-hybridized carbons (Fsp3) is 0.0556. The summed E-state index contributed by atoms with van der Waals surface area (Å²) in [6.45, 7) is 0. The van der Waals surface area contributed by atoms with Gasteiger partial charge in [0, 0.05) is 5.56 Å². The summed E-state index contributed by atoms with van der Waals surface area (Å²) in [5.41, 5.74) is 2.89. The van der Waals surface area contributed by atoms with E-state index in [4.69, 9.17) is 0 Å². The van der Waals surface area contributed by atoms with E-state index in [1.54, 1.807) is 12.1 Å². The van der Waals surface area contributed by atoms with Gasteiger partial charge in [0.2, 0.25) is 0 Å². The highest BCUT2D eigenvalue weighted by Crippen LogP contribution is 2.30. The van der Waals surface area contributed by atoms with Crippen molar-refractivity contribution in [1.82, 2.24) is 0 Å². The number of phenols is 1. The Labute approximate surface area is 136 Å². The fourth-order valence-electron chi connectivity index (χ4n) is 2.32. The Morgan fingerprint density at radius 3 is 2.33 bits per heavy atom. The van der Waals surface area contributed by atoms with Crippen LogP contribution in [-0.4, -0.2) is 11.3 Å². The SMILES string of the molecule is Oc1ccc2ccccc2c1C=NNc1ccc(C(F)(F)F)cc1. The minimum Gasteiger partial charge on any atom is -0.507 e. The van der Waals surface area contributed by atoms with Crippen molar-refractivity contribution < 1.29 is 18.3 Å². The van der Waals surface area contributed by atoms with E-state index in [1.165, 1.54) is 18.3 Å². The molecule has 0 spiro atoms. The highest BCUT2D eigenvalue weighted by Gasteiger charge is 2.29. The fourth-order valence-corrected chi connectivity index (χ4v) is 2.32. The molecule has 3 nitrogen and oxygen atoms in total. The number of anilines is 1. The van der Waals surface area contributed by atoms with E-state index in [-0.39, 0.29) is 5.75 Å². The minimum atomic E-state index is -4.36. The first kappa shape index (κ1) is 15.9. The molecule has 0 atom stereocenters. The number of nitrogens with zero attached hydrogens (tertiary/aromatic N) is 1. The van der Waals surface area contributed by atoms with Gasteiger partial charge >= 0.3 is 6.18 Å². The van der Waals surface area contributed by atoms with Crippen LogP contribution in [0.25, 0.3) is 10.8 Å². The lowest BCUT2D eigenvalue weighted by molar-refractivity contribution is -0.137. The highest BCUT2D eigenvalue weighted by atomic mass is 19.4. The number of hydrogen-bond donors (Lipinski definition) is 2. The number of fused-ring (bicyclic) bond motifs is 1. The van der Waals surface area contributed by atoms with Crippen molar-refractivity contribution in [3.05, 3.63) is 71.8 Å². The molecule has 0 saturated heterocycles. The quantitative estimate of drug-likeness (QED) is 0.524. The van der Waals surface area contributed by atoms with E-state index in [0.717, 1.165) is 22.9 Å². The number of halogens is 3. The second-order valence-electron chi connectivity index (χ2n) is 5.16. The normalized spacial score (nSPS) is 12.0. The molecule has 6 heteroatoms. The smallest absolute Gasteiger partial charge is 0.416 e. The Kier molecular flexibility index (Phi) is 4.12. The maximum atomic E-state index is 12.5. The zero-order chi connectivity index (χ0) is 17.2. The molecular weight excluding hydrogens is 317 g/mol. The molecule has 3 rings (SSSR count). The van der Waals surface area contributed by atoms with Crippen molar-refractivity contribution in [2.45, 2.75) is 6.18 Å². The minimum absolute atomic E-state index is 0.0756. The monoisotopic (exact) mass is 330 g/mol. The van der Waals surface area contributed by atoms with E-state index < -0.39 is 11.7 Å². The summed E-state index contributed by atoms with van der Waals surface area (Å²) in [6.07, 6.45) is -2.92. The van der Waals surface area contributed by atoms with E-state index >= 15 is 0 Å². The second kappa shape index (κ2) is 6.23. The van der Waals surface area contributed by atoms with Gasteiger partial charge in [0.1, 0.15) is 5.75 Å². The van der Waals surface area contributed by atoms with Gasteiger partial charge in [-0.2, -0.15) is 18.3 Å². The third-order valence-electron chi connectivity index (χ3n) is 3.55. The van der Waals surface area contributed by atoms with Gasteiger partial charge in [-0.25, -0.2) is 0 Å². The molecule has 0 aromatic heterocycles. The van der Waals surface area contributed by atoms with Gasteiger partial charge in [-0.1, -0.05) is 30.3 Å². The van der Waals surface area contributed by atoms with Crippen LogP contribution in [0.5, 0.6) is 5.75 Å². The lowest BCUT2D eigenvalue weighted by Crippen LogP contribution is -2.04. The summed E-state index contributed by atoms with van der Waals surface area (Å²) >= 11 is 0. The zero-order valence-corrected chi connectivity index (χ0v) is 12.4. The number of hydrazone groups is 1. The third-order valence-corrected chi connectivity index (χ3v) is 3.55. The maximum absolute atomic E-state index is 12.5. The number of benzene rings is 3. The van der Waals surface area contributed by atoms with Crippen LogP contribution in [0.15, 0.2) is 65.8 Å². The van der Waals surface area contributed by atoms with Crippen LogP contribution in [0.1, 0.15) is 11.1 Å². The molecule has 0 amide bonds. The van der Waals surface area contributed by atoms with Gasteiger partial charge in [-0.3, -0.25) is 5.43 Å². The molecule has 0 aliphatic carbocycles. The molecular formula is C18H13F3N2O. The summed E-state index contributed by atoms with van der Waals surface area (Å²) in [6, 6.07) is 15.4. The lowest BCUT2D eigenvalue weighted by atomic mass is 10.0. The first-order valence-corrected chi connectivity index (χ1v) is 7.12. The van der Waals surface area contributed by atoms with Crippen molar-refractivity contribution in [1.29, 1.82) is 0 Å². The molecule has 0 aliphatic rings. The largest absolute Gasteiger partial charge is 0.507 e. The molecule has 0 unspecified atom stereocenters. The molecule has 0 bridgehead atoms. The van der Waals surface area contributed by atoms with Gasteiger partial charge in [0.25, 0.3) is 0 Å². The Bertz CT molecular complexity index is 887. The molecule has 0 fully saturated rings.